The molecule has 0 spiro atoms. The van der Waals surface area contributed by atoms with Gasteiger partial charge in [0.05, 0.1) is 16.8 Å². The Kier molecular flexibility index (Phi) is 4.64. The molecule has 0 bridgehead atoms. The van der Waals surface area contributed by atoms with Crippen LogP contribution in [0.5, 0.6) is 5.75 Å². The summed E-state index contributed by atoms with van der Waals surface area (Å²) >= 11 is 0. The van der Waals surface area contributed by atoms with Gasteiger partial charge in [-0.15, -0.1) is 0 Å². The molecule has 1 aromatic heterocycles. The number of hydrogen-bond donors (Lipinski definition) is 2. The average Bonchev–Trinajstić information content (AvgIpc) is 3.12. The lowest BCUT2D eigenvalue weighted by Gasteiger charge is -2.10. The zero-order chi connectivity index (χ0) is 19.5. The minimum absolute atomic E-state index is 0.185. The first-order valence-corrected chi connectivity index (χ1v) is 8.86. The zero-order valence-corrected chi connectivity index (χ0v) is 15.0. The quantitative estimate of drug-likeness (QED) is 0.499. The monoisotopic (exact) mass is 370 g/mol. The van der Waals surface area contributed by atoms with E-state index < -0.39 is 5.91 Å². The van der Waals surface area contributed by atoms with Gasteiger partial charge in [0.1, 0.15) is 5.75 Å². The number of nitrogens with two attached hydrogens (primary N) is 1. The third-order valence-electron chi connectivity index (χ3n) is 4.56. The number of primary amides is 1. The highest BCUT2D eigenvalue weighted by atomic mass is 16.5. The third-order valence-corrected chi connectivity index (χ3v) is 4.56. The molecule has 0 fully saturated rings. The number of rotatable bonds is 6. The molecular weight excluding hydrogens is 352 g/mol. The Bertz CT molecular complexity index is 1160. The topological polar surface area (TPSA) is 85.2 Å². The van der Waals surface area contributed by atoms with E-state index in [2.05, 4.69) is 4.98 Å². The number of Topliss-reactive ketones (excluding diaryl/α,β-unsaturated/α-hetero) is 1. The lowest BCUT2D eigenvalue weighted by Crippen LogP contribution is -2.16. The Labute approximate surface area is 161 Å². The van der Waals surface area contributed by atoms with Crippen LogP contribution in [0.2, 0.25) is 0 Å². The predicted octanol–water partition coefficient (Wildman–Crippen LogP) is 4.20. The number of carbonyl (C=O) groups excluding carboxylic acids is 2. The standard InChI is InChI=1S/C23H18N2O3/c24-23(27)17-11-5-7-13-20(17)28-14-19(26)21-16-10-4-6-12-18(16)25-22(21)15-8-2-1-3-9-15/h1-13,25H,14H2,(H2,24,27). The van der Waals surface area contributed by atoms with E-state index in [1.807, 2.05) is 54.6 Å². The smallest absolute Gasteiger partial charge is 0.252 e. The van der Waals surface area contributed by atoms with Crippen LogP contribution in [0.25, 0.3) is 22.2 Å². The van der Waals surface area contributed by atoms with E-state index in [-0.39, 0.29) is 18.0 Å². The number of H-pyrrole nitrogens is 1. The number of ketones is 1. The number of aromatic amines is 1. The van der Waals surface area contributed by atoms with Crippen molar-refractivity contribution in [2.75, 3.05) is 6.61 Å². The molecule has 0 unspecified atom stereocenters. The maximum Gasteiger partial charge on any atom is 0.252 e. The Morgan fingerprint density at radius 2 is 1.54 bits per heavy atom. The van der Waals surface area contributed by atoms with Crippen molar-refractivity contribution in [1.82, 2.24) is 4.98 Å². The Morgan fingerprint density at radius 3 is 2.32 bits per heavy atom. The van der Waals surface area contributed by atoms with E-state index in [0.29, 0.717) is 11.3 Å². The number of ether oxygens (including phenoxy) is 1. The minimum atomic E-state index is -0.597. The number of fused-ring (bicyclic) bond motifs is 1. The second kappa shape index (κ2) is 7.40. The molecule has 0 aliphatic heterocycles. The van der Waals surface area contributed by atoms with Crippen molar-refractivity contribution in [2.45, 2.75) is 0 Å². The van der Waals surface area contributed by atoms with Crippen molar-refractivity contribution < 1.29 is 14.3 Å². The van der Waals surface area contributed by atoms with Gasteiger partial charge in [0.2, 0.25) is 5.78 Å². The number of benzene rings is 3. The van der Waals surface area contributed by atoms with E-state index in [1.54, 1.807) is 24.3 Å². The highest BCUT2D eigenvalue weighted by Crippen LogP contribution is 2.31. The van der Waals surface area contributed by atoms with Crippen LogP contribution in [0.15, 0.2) is 78.9 Å². The number of aromatic nitrogens is 1. The summed E-state index contributed by atoms with van der Waals surface area (Å²) in [5.74, 6) is -0.486. The first-order valence-electron chi connectivity index (χ1n) is 8.86. The number of amides is 1. The summed E-state index contributed by atoms with van der Waals surface area (Å²) in [6.45, 7) is -0.202. The van der Waals surface area contributed by atoms with E-state index in [0.717, 1.165) is 22.2 Å². The fourth-order valence-corrected chi connectivity index (χ4v) is 3.26. The molecule has 3 N–H and O–H groups in total. The van der Waals surface area contributed by atoms with Crippen LogP contribution in [0.4, 0.5) is 0 Å². The molecule has 0 saturated carbocycles. The van der Waals surface area contributed by atoms with Crippen LogP contribution in [-0.4, -0.2) is 23.3 Å². The Morgan fingerprint density at radius 1 is 0.857 bits per heavy atom. The van der Waals surface area contributed by atoms with Crippen LogP contribution in [0.3, 0.4) is 0 Å². The molecule has 4 aromatic rings. The molecule has 5 nitrogen and oxygen atoms in total. The zero-order valence-electron chi connectivity index (χ0n) is 15.0. The first kappa shape index (κ1) is 17.5. The maximum atomic E-state index is 13.1. The van der Waals surface area contributed by atoms with Gasteiger partial charge < -0.3 is 15.5 Å². The van der Waals surface area contributed by atoms with Gasteiger partial charge in [-0.3, -0.25) is 9.59 Å². The molecule has 0 aliphatic rings. The van der Waals surface area contributed by atoms with Crippen molar-refractivity contribution in [3.05, 3.63) is 90.0 Å². The Hall–Kier alpha value is -3.86. The highest BCUT2D eigenvalue weighted by molar-refractivity contribution is 6.14. The van der Waals surface area contributed by atoms with Gasteiger partial charge in [-0.2, -0.15) is 0 Å². The van der Waals surface area contributed by atoms with E-state index >= 15 is 0 Å². The fourth-order valence-electron chi connectivity index (χ4n) is 3.26. The molecule has 1 amide bonds. The normalized spacial score (nSPS) is 10.7. The molecule has 5 heteroatoms. The van der Waals surface area contributed by atoms with Crippen LogP contribution in [0, 0.1) is 0 Å². The highest BCUT2D eigenvalue weighted by Gasteiger charge is 2.20. The molecule has 0 aliphatic carbocycles. The molecular formula is C23H18N2O3. The van der Waals surface area contributed by atoms with Crippen molar-refractivity contribution in [1.29, 1.82) is 0 Å². The fraction of sp³-hybridized carbons (Fsp3) is 0.0435. The van der Waals surface area contributed by atoms with Crippen LogP contribution in [0.1, 0.15) is 20.7 Å². The third kappa shape index (κ3) is 3.25. The molecule has 0 saturated heterocycles. The van der Waals surface area contributed by atoms with Crippen LogP contribution < -0.4 is 10.5 Å². The van der Waals surface area contributed by atoms with Crippen molar-refractivity contribution in [2.24, 2.45) is 5.73 Å². The van der Waals surface area contributed by atoms with Crippen molar-refractivity contribution in [3.63, 3.8) is 0 Å². The summed E-state index contributed by atoms with van der Waals surface area (Å²) in [5.41, 5.74) is 8.74. The molecule has 0 atom stereocenters. The summed E-state index contributed by atoms with van der Waals surface area (Å²) in [4.78, 5) is 28.0. The van der Waals surface area contributed by atoms with E-state index in [4.69, 9.17) is 10.5 Å². The number of nitrogens with one attached hydrogen (secondary N) is 1. The van der Waals surface area contributed by atoms with Gasteiger partial charge in [-0.1, -0.05) is 60.7 Å². The van der Waals surface area contributed by atoms with Crippen LogP contribution in [-0.2, 0) is 0 Å². The predicted molar refractivity (Wildman–Crippen MR) is 109 cm³/mol. The summed E-state index contributed by atoms with van der Waals surface area (Å²) in [6.07, 6.45) is 0. The second-order valence-electron chi connectivity index (χ2n) is 6.36. The second-order valence-corrected chi connectivity index (χ2v) is 6.36. The average molecular weight is 370 g/mol. The molecule has 1 heterocycles. The van der Waals surface area contributed by atoms with Gasteiger partial charge in [0.15, 0.2) is 6.61 Å². The Balaban J connectivity index is 1.71. The largest absolute Gasteiger partial charge is 0.485 e. The van der Waals surface area contributed by atoms with E-state index in [9.17, 15) is 9.59 Å². The van der Waals surface area contributed by atoms with Gasteiger partial charge in [0.25, 0.3) is 5.91 Å². The lowest BCUT2D eigenvalue weighted by atomic mass is 10.0. The molecule has 4 rings (SSSR count). The summed E-state index contributed by atoms with van der Waals surface area (Å²) in [7, 11) is 0. The minimum Gasteiger partial charge on any atom is -0.485 e. The number of para-hydroxylation sites is 2. The molecule has 0 radical (unpaired) electrons. The summed E-state index contributed by atoms with van der Waals surface area (Å²) < 4.78 is 5.66. The van der Waals surface area contributed by atoms with Crippen molar-refractivity contribution in [3.8, 4) is 17.0 Å². The molecule has 28 heavy (non-hydrogen) atoms. The van der Waals surface area contributed by atoms with Gasteiger partial charge in [-0.25, -0.2) is 0 Å². The van der Waals surface area contributed by atoms with Gasteiger partial charge in [-0.05, 0) is 23.8 Å². The van der Waals surface area contributed by atoms with Crippen molar-refractivity contribution >= 4 is 22.6 Å². The van der Waals surface area contributed by atoms with Gasteiger partial charge in [0, 0.05) is 10.9 Å². The number of carbonyl (C=O) groups is 2. The number of hydrogen-bond acceptors (Lipinski definition) is 3. The van der Waals surface area contributed by atoms with E-state index in [1.165, 1.54) is 0 Å². The SMILES string of the molecule is NC(=O)c1ccccc1OCC(=O)c1c(-c2ccccc2)[nH]c2ccccc12. The first-order chi connectivity index (χ1) is 13.6. The summed E-state index contributed by atoms with van der Waals surface area (Å²) in [6, 6.07) is 24.0. The van der Waals surface area contributed by atoms with Crippen LogP contribution >= 0.6 is 0 Å². The molecule has 138 valence electrons. The molecule has 3 aromatic carbocycles. The maximum absolute atomic E-state index is 13.1. The summed E-state index contributed by atoms with van der Waals surface area (Å²) in [5, 5.41) is 0.832. The van der Waals surface area contributed by atoms with Gasteiger partial charge >= 0.3 is 0 Å². The lowest BCUT2D eigenvalue weighted by molar-refractivity contribution is 0.0914.